The lowest BCUT2D eigenvalue weighted by Gasteiger charge is -2.15. The first-order valence-electron chi connectivity index (χ1n) is 5.04. The second-order valence-electron chi connectivity index (χ2n) is 3.81. The van der Waals surface area contributed by atoms with Crippen LogP contribution < -0.4 is 0 Å². The van der Waals surface area contributed by atoms with Crippen LogP contribution in [0.5, 0.6) is 5.75 Å². The lowest BCUT2D eigenvalue weighted by molar-refractivity contribution is -0.131. The third-order valence-corrected chi connectivity index (χ3v) is 3.74. The molecule has 4 heteroatoms. The molecule has 2 aromatic rings. The SMILES string of the molecule is O=C(O)C1=Cc2cc(O)cc3cccc(c23)S1. The fourth-order valence-electron chi connectivity index (χ4n) is 2.00. The highest BCUT2D eigenvalue weighted by molar-refractivity contribution is 8.04. The van der Waals surface area contributed by atoms with Crippen molar-refractivity contribution >= 4 is 34.6 Å². The van der Waals surface area contributed by atoms with Gasteiger partial charge in [-0.15, -0.1) is 0 Å². The van der Waals surface area contributed by atoms with E-state index in [0.717, 1.165) is 21.2 Å². The highest BCUT2D eigenvalue weighted by Crippen LogP contribution is 2.42. The number of rotatable bonds is 1. The van der Waals surface area contributed by atoms with Gasteiger partial charge in [0.2, 0.25) is 0 Å². The largest absolute Gasteiger partial charge is 0.508 e. The molecule has 0 bridgehead atoms. The summed E-state index contributed by atoms with van der Waals surface area (Å²) >= 11 is 1.24. The summed E-state index contributed by atoms with van der Waals surface area (Å²) in [6.45, 7) is 0. The van der Waals surface area contributed by atoms with E-state index in [0.29, 0.717) is 0 Å². The van der Waals surface area contributed by atoms with E-state index in [1.54, 1.807) is 18.2 Å². The standard InChI is InChI=1S/C13H8O3S/c14-9-4-7-2-1-3-10-12(7)8(5-9)6-11(17-10)13(15)16/h1-6,14H,(H,15,16). The maximum absolute atomic E-state index is 11.0. The van der Waals surface area contributed by atoms with Gasteiger partial charge in [0.05, 0.1) is 4.91 Å². The van der Waals surface area contributed by atoms with E-state index in [2.05, 4.69) is 0 Å². The summed E-state index contributed by atoms with van der Waals surface area (Å²) in [6, 6.07) is 8.93. The van der Waals surface area contributed by atoms with Gasteiger partial charge in [-0.05, 0) is 35.2 Å². The zero-order valence-electron chi connectivity index (χ0n) is 8.68. The summed E-state index contributed by atoms with van der Waals surface area (Å²) in [6.07, 6.45) is 1.60. The molecule has 0 unspecified atom stereocenters. The van der Waals surface area contributed by atoms with Crippen molar-refractivity contribution in [2.45, 2.75) is 4.90 Å². The average Bonchev–Trinajstić information content (AvgIpc) is 2.28. The summed E-state index contributed by atoms with van der Waals surface area (Å²) in [5, 5.41) is 20.6. The molecule has 84 valence electrons. The number of aliphatic carboxylic acids is 1. The Bertz CT molecular complexity index is 674. The molecule has 0 fully saturated rings. The number of hydrogen-bond acceptors (Lipinski definition) is 3. The predicted octanol–water partition coefficient (Wildman–Crippen LogP) is 3.08. The first kappa shape index (κ1) is 10.2. The Kier molecular flexibility index (Phi) is 2.12. The van der Waals surface area contributed by atoms with Crippen LogP contribution in [-0.2, 0) is 4.79 Å². The van der Waals surface area contributed by atoms with Crippen LogP contribution >= 0.6 is 11.8 Å². The Labute approximate surface area is 101 Å². The highest BCUT2D eigenvalue weighted by atomic mass is 32.2. The molecule has 0 radical (unpaired) electrons. The Morgan fingerprint density at radius 3 is 2.82 bits per heavy atom. The van der Waals surface area contributed by atoms with Gasteiger partial charge in [0.25, 0.3) is 0 Å². The average molecular weight is 244 g/mol. The fraction of sp³-hybridized carbons (Fsp3) is 0. The molecule has 2 N–H and O–H groups in total. The van der Waals surface area contributed by atoms with Crippen molar-refractivity contribution < 1.29 is 15.0 Å². The first-order chi connectivity index (χ1) is 8.15. The number of carbonyl (C=O) groups is 1. The number of thioether (sulfide) groups is 1. The van der Waals surface area contributed by atoms with Crippen LogP contribution in [0.1, 0.15) is 5.56 Å². The first-order valence-corrected chi connectivity index (χ1v) is 5.85. The number of carboxylic acid groups (broad SMARTS) is 1. The van der Waals surface area contributed by atoms with E-state index >= 15 is 0 Å². The number of phenolic OH excluding ortho intramolecular Hbond substituents is 1. The van der Waals surface area contributed by atoms with E-state index in [1.807, 2.05) is 18.2 Å². The maximum Gasteiger partial charge on any atom is 0.342 e. The zero-order chi connectivity index (χ0) is 12.0. The highest BCUT2D eigenvalue weighted by Gasteiger charge is 2.18. The molecule has 3 rings (SSSR count). The molecule has 0 saturated heterocycles. The second-order valence-corrected chi connectivity index (χ2v) is 4.89. The maximum atomic E-state index is 11.0. The van der Waals surface area contributed by atoms with Gasteiger partial charge in [-0.2, -0.15) is 0 Å². The van der Waals surface area contributed by atoms with Crippen LogP contribution in [0.4, 0.5) is 0 Å². The summed E-state index contributed by atoms with van der Waals surface area (Å²) in [5.41, 5.74) is 0.756. The van der Waals surface area contributed by atoms with Gasteiger partial charge < -0.3 is 10.2 Å². The van der Waals surface area contributed by atoms with E-state index in [4.69, 9.17) is 5.11 Å². The topological polar surface area (TPSA) is 57.5 Å². The minimum Gasteiger partial charge on any atom is -0.508 e. The molecule has 1 heterocycles. The zero-order valence-corrected chi connectivity index (χ0v) is 9.49. The molecule has 1 aliphatic heterocycles. The number of carboxylic acids is 1. The molecule has 0 amide bonds. The second kappa shape index (κ2) is 3.53. The van der Waals surface area contributed by atoms with Gasteiger partial charge >= 0.3 is 5.97 Å². The Hall–Kier alpha value is -1.94. The number of hydrogen-bond donors (Lipinski definition) is 2. The Morgan fingerprint density at radius 1 is 1.24 bits per heavy atom. The van der Waals surface area contributed by atoms with Gasteiger partial charge in [0, 0.05) is 10.3 Å². The quantitative estimate of drug-likeness (QED) is 0.809. The summed E-state index contributed by atoms with van der Waals surface area (Å²) in [4.78, 5) is 12.2. The van der Waals surface area contributed by atoms with Crippen molar-refractivity contribution in [2.75, 3.05) is 0 Å². The van der Waals surface area contributed by atoms with Gasteiger partial charge in [-0.25, -0.2) is 4.79 Å². The van der Waals surface area contributed by atoms with Gasteiger partial charge in [-0.1, -0.05) is 23.9 Å². The van der Waals surface area contributed by atoms with Crippen molar-refractivity contribution in [3.05, 3.63) is 40.8 Å². The number of phenols is 1. The van der Waals surface area contributed by atoms with Gasteiger partial charge in [-0.3, -0.25) is 0 Å². The van der Waals surface area contributed by atoms with E-state index in [9.17, 15) is 9.90 Å². The van der Waals surface area contributed by atoms with Crippen molar-refractivity contribution in [1.29, 1.82) is 0 Å². The summed E-state index contributed by atoms with van der Waals surface area (Å²) < 4.78 is 0. The molecule has 0 spiro atoms. The molecule has 1 aliphatic rings. The lowest BCUT2D eigenvalue weighted by Crippen LogP contribution is -2.00. The molecule has 0 aromatic heterocycles. The molecule has 0 atom stereocenters. The number of benzene rings is 2. The van der Waals surface area contributed by atoms with Crippen molar-refractivity contribution in [2.24, 2.45) is 0 Å². The normalized spacial score (nSPS) is 13.5. The van der Waals surface area contributed by atoms with Crippen LogP contribution in [0.2, 0.25) is 0 Å². The van der Waals surface area contributed by atoms with Gasteiger partial charge in [0.1, 0.15) is 5.75 Å². The van der Waals surface area contributed by atoms with Crippen LogP contribution in [0, 0.1) is 0 Å². The van der Waals surface area contributed by atoms with Crippen molar-refractivity contribution in [3.8, 4) is 5.75 Å². The monoisotopic (exact) mass is 244 g/mol. The summed E-state index contributed by atoms with van der Waals surface area (Å²) in [5.74, 6) is -0.793. The molecular weight excluding hydrogens is 236 g/mol. The van der Waals surface area contributed by atoms with Crippen LogP contribution in [0.15, 0.2) is 40.1 Å². The van der Waals surface area contributed by atoms with Crippen molar-refractivity contribution in [3.63, 3.8) is 0 Å². The molecular formula is C13H8O3S. The minimum atomic E-state index is -0.944. The van der Waals surface area contributed by atoms with Crippen LogP contribution in [0.25, 0.3) is 16.8 Å². The number of aromatic hydroxyl groups is 1. The summed E-state index contributed by atoms with van der Waals surface area (Å²) in [7, 11) is 0. The van der Waals surface area contributed by atoms with Crippen molar-refractivity contribution in [1.82, 2.24) is 0 Å². The van der Waals surface area contributed by atoms with Crippen LogP contribution in [-0.4, -0.2) is 16.2 Å². The van der Waals surface area contributed by atoms with Crippen LogP contribution in [0.3, 0.4) is 0 Å². The van der Waals surface area contributed by atoms with E-state index < -0.39 is 5.97 Å². The smallest absolute Gasteiger partial charge is 0.342 e. The molecule has 3 nitrogen and oxygen atoms in total. The Balaban J connectivity index is 2.38. The third-order valence-electron chi connectivity index (χ3n) is 2.67. The molecule has 0 aliphatic carbocycles. The molecule has 2 aromatic carbocycles. The molecule has 17 heavy (non-hydrogen) atoms. The Morgan fingerprint density at radius 2 is 2.06 bits per heavy atom. The van der Waals surface area contributed by atoms with Gasteiger partial charge in [0.15, 0.2) is 0 Å². The fourth-order valence-corrected chi connectivity index (χ4v) is 3.00. The van der Waals surface area contributed by atoms with E-state index in [1.165, 1.54) is 11.8 Å². The predicted molar refractivity (Wildman–Crippen MR) is 67.1 cm³/mol. The lowest BCUT2D eigenvalue weighted by atomic mass is 10.0. The van der Waals surface area contributed by atoms with E-state index in [-0.39, 0.29) is 10.7 Å². The molecule has 0 saturated carbocycles. The minimum absolute atomic E-state index is 0.150. The third kappa shape index (κ3) is 1.57.